The topological polar surface area (TPSA) is 64.4 Å². The van der Waals surface area contributed by atoms with Crippen LogP contribution in [-0.2, 0) is 17.7 Å². The van der Waals surface area contributed by atoms with E-state index >= 15 is 0 Å². The normalized spacial score (nSPS) is 20.9. The van der Waals surface area contributed by atoms with Crippen LogP contribution in [0.1, 0.15) is 61.1 Å². The number of nitrogens with zero attached hydrogens (tertiary/aromatic N) is 3. The number of aryl methyl sites for hydroxylation is 2. The predicted octanol–water partition coefficient (Wildman–Crippen LogP) is 3.38. The Morgan fingerprint density at radius 2 is 2.00 bits per heavy atom. The second kappa shape index (κ2) is 7.26. The van der Waals surface area contributed by atoms with Gasteiger partial charge in [0, 0.05) is 26.1 Å². The third-order valence-electron chi connectivity index (χ3n) is 5.93. The molecule has 1 fully saturated rings. The predicted molar refractivity (Wildman–Crippen MR) is 111 cm³/mol. The highest BCUT2D eigenvalue weighted by molar-refractivity contribution is 7.20. The number of morpholine rings is 1. The average molecular weight is 404 g/mol. The van der Waals surface area contributed by atoms with Gasteiger partial charge < -0.3 is 9.64 Å². The van der Waals surface area contributed by atoms with Gasteiger partial charge in [0.25, 0.3) is 11.5 Å². The molecule has 2 aromatic rings. The standard InChI is InChI=1S/C21H29N3O3S/c1-13-16-18(22-15-8-6-5-7-9-24(15)19(16)25)28-17(13)20(26)23-10-11-27-14(12-23)21(2,3)4/h14H,5-12H2,1-4H3/t14-/m1/s1. The molecule has 0 aliphatic carbocycles. The van der Waals surface area contributed by atoms with Crippen molar-refractivity contribution in [2.24, 2.45) is 5.41 Å². The Hall–Kier alpha value is -1.73. The molecule has 28 heavy (non-hydrogen) atoms. The molecule has 1 amide bonds. The molecule has 7 heteroatoms. The summed E-state index contributed by atoms with van der Waals surface area (Å²) in [4.78, 5) is 34.4. The van der Waals surface area contributed by atoms with Crippen molar-refractivity contribution in [3.63, 3.8) is 0 Å². The summed E-state index contributed by atoms with van der Waals surface area (Å²) < 4.78 is 7.72. The summed E-state index contributed by atoms with van der Waals surface area (Å²) in [6.45, 7) is 10.7. The first kappa shape index (κ1) is 19.6. The van der Waals surface area contributed by atoms with Gasteiger partial charge >= 0.3 is 0 Å². The molecule has 0 aromatic carbocycles. The minimum atomic E-state index is -0.0217. The molecule has 1 atom stereocenters. The van der Waals surface area contributed by atoms with Crippen LogP contribution in [0.15, 0.2) is 4.79 Å². The monoisotopic (exact) mass is 403 g/mol. The number of hydrogen-bond acceptors (Lipinski definition) is 5. The zero-order chi connectivity index (χ0) is 20.1. The minimum absolute atomic E-state index is 0.00218. The van der Waals surface area contributed by atoms with Gasteiger partial charge in [-0.3, -0.25) is 14.2 Å². The summed E-state index contributed by atoms with van der Waals surface area (Å²) in [5.74, 6) is 0.868. The van der Waals surface area contributed by atoms with Crippen molar-refractivity contribution < 1.29 is 9.53 Å². The Bertz CT molecular complexity index is 970. The van der Waals surface area contributed by atoms with E-state index in [-0.39, 0.29) is 23.0 Å². The molecule has 0 saturated carbocycles. The van der Waals surface area contributed by atoms with Crippen LogP contribution < -0.4 is 5.56 Å². The molecule has 4 heterocycles. The number of aromatic nitrogens is 2. The fraction of sp³-hybridized carbons (Fsp3) is 0.667. The van der Waals surface area contributed by atoms with E-state index in [2.05, 4.69) is 20.8 Å². The zero-order valence-corrected chi connectivity index (χ0v) is 18.0. The molecule has 0 bridgehead atoms. The molecule has 4 rings (SSSR count). The van der Waals surface area contributed by atoms with E-state index in [1.807, 2.05) is 16.4 Å². The summed E-state index contributed by atoms with van der Waals surface area (Å²) in [5.41, 5.74) is 0.775. The Morgan fingerprint density at radius 3 is 2.75 bits per heavy atom. The molecule has 0 unspecified atom stereocenters. The first-order valence-electron chi connectivity index (χ1n) is 10.2. The highest BCUT2D eigenvalue weighted by atomic mass is 32.1. The highest BCUT2D eigenvalue weighted by Crippen LogP contribution is 2.31. The fourth-order valence-electron chi connectivity index (χ4n) is 4.12. The first-order chi connectivity index (χ1) is 13.3. The molecule has 1 saturated heterocycles. The van der Waals surface area contributed by atoms with Crippen molar-refractivity contribution >= 4 is 27.5 Å². The van der Waals surface area contributed by atoms with Gasteiger partial charge in [-0.15, -0.1) is 11.3 Å². The van der Waals surface area contributed by atoms with E-state index in [4.69, 9.17) is 9.72 Å². The van der Waals surface area contributed by atoms with Gasteiger partial charge in [0.05, 0.1) is 23.0 Å². The number of carbonyl (C=O) groups excluding carboxylic acids is 1. The smallest absolute Gasteiger partial charge is 0.264 e. The SMILES string of the molecule is Cc1c(C(=O)N2CCO[C@@H](C(C)(C)C)C2)sc2nc3n(c(=O)c12)CCCCC3. The first-order valence-corrected chi connectivity index (χ1v) is 11.0. The fourth-order valence-corrected chi connectivity index (χ4v) is 5.27. The van der Waals surface area contributed by atoms with Gasteiger partial charge in [-0.1, -0.05) is 27.2 Å². The Morgan fingerprint density at radius 1 is 1.21 bits per heavy atom. The van der Waals surface area contributed by atoms with Crippen LogP contribution in [-0.4, -0.2) is 46.2 Å². The van der Waals surface area contributed by atoms with Gasteiger partial charge in [0.15, 0.2) is 0 Å². The molecule has 2 aliphatic heterocycles. The molecule has 2 aromatic heterocycles. The second-order valence-electron chi connectivity index (χ2n) is 9.01. The molecule has 0 N–H and O–H groups in total. The number of carbonyl (C=O) groups is 1. The van der Waals surface area contributed by atoms with Crippen LogP contribution in [0, 0.1) is 12.3 Å². The summed E-state index contributed by atoms with van der Waals surface area (Å²) in [5, 5.41) is 0.625. The van der Waals surface area contributed by atoms with Gasteiger partial charge in [0.2, 0.25) is 0 Å². The van der Waals surface area contributed by atoms with Gasteiger partial charge in [-0.25, -0.2) is 4.98 Å². The average Bonchev–Trinajstić information content (AvgIpc) is 2.82. The van der Waals surface area contributed by atoms with E-state index < -0.39 is 0 Å². The Labute approximate surface area is 169 Å². The summed E-state index contributed by atoms with van der Waals surface area (Å²) in [6, 6.07) is 0. The maximum Gasteiger partial charge on any atom is 0.264 e. The zero-order valence-electron chi connectivity index (χ0n) is 17.2. The number of rotatable bonds is 1. The van der Waals surface area contributed by atoms with Crippen molar-refractivity contribution in [3.8, 4) is 0 Å². The van der Waals surface area contributed by atoms with Crippen LogP contribution >= 0.6 is 11.3 Å². The lowest BCUT2D eigenvalue weighted by molar-refractivity contribution is -0.0705. The van der Waals surface area contributed by atoms with Crippen molar-refractivity contribution in [1.82, 2.24) is 14.5 Å². The van der Waals surface area contributed by atoms with E-state index in [1.165, 1.54) is 11.3 Å². The maximum absolute atomic E-state index is 13.3. The second-order valence-corrected chi connectivity index (χ2v) is 10.0. The van der Waals surface area contributed by atoms with E-state index in [1.54, 1.807) is 0 Å². The van der Waals surface area contributed by atoms with Gasteiger partial charge in [-0.05, 0) is 30.7 Å². The summed E-state index contributed by atoms with van der Waals surface area (Å²) >= 11 is 1.37. The molecule has 6 nitrogen and oxygen atoms in total. The highest BCUT2D eigenvalue weighted by Gasteiger charge is 2.34. The van der Waals surface area contributed by atoms with E-state index in [9.17, 15) is 9.59 Å². The van der Waals surface area contributed by atoms with E-state index in [0.29, 0.717) is 34.8 Å². The summed E-state index contributed by atoms with van der Waals surface area (Å²) in [7, 11) is 0. The quantitative estimate of drug-likeness (QED) is 0.732. The molecule has 0 spiro atoms. The largest absolute Gasteiger partial charge is 0.374 e. The lowest BCUT2D eigenvalue weighted by Crippen LogP contribution is -2.50. The summed E-state index contributed by atoms with van der Waals surface area (Å²) in [6.07, 6.45) is 4.06. The third kappa shape index (κ3) is 3.39. The number of ether oxygens (including phenoxy) is 1. The maximum atomic E-state index is 13.3. The van der Waals surface area contributed by atoms with Crippen molar-refractivity contribution in [2.45, 2.75) is 66.0 Å². The minimum Gasteiger partial charge on any atom is -0.374 e. The van der Waals surface area contributed by atoms with Crippen molar-refractivity contribution in [1.29, 1.82) is 0 Å². The van der Waals surface area contributed by atoms with Crippen molar-refractivity contribution in [3.05, 3.63) is 26.6 Å². The Balaban J connectivity index is 1.71. The van der Waals surface area contributed by atoms with E-state index in [0.717, 1.165) is 43.6 Å². The van der Waals surface area contributed by atoms with Crippen LogP contribution in [0.3, 0.4) is 0 Å². The van der Waals surface area contributed by atoms with Crippen LogP contribution in [0.25, 0.3) is 10.2 Å². The Kier molecular flexibility index (Phi) is 5.08. The number of fused-ring (bicyclic) bond motifs is 2. The van der Waals surface area contributed by atoms with Gasteiger partial charge in [-0.2, -0.15) is 0 Å². The van der Waals surface area contributed by atoms with Crippen LogP contribution in [0.2, 0.25) is 0 Å². The number of amides is 1. The molecular formula is C21H29N3O3S. The molecular weight excluding hydrogens is 374 g/mol. The lowest BCUT2D eigenvalue weighted by Gasteiger charge is -2.39. The van der Waals surface area contributed by atoms with Crippen LogP contribution in [0.4, 0.5) is 0 Å². The third-order valence-corrected chi connectivity index (χ3v) is 7.10. The molecule has 152 valence electrons. The lowest BCUT2D eigenvalue weighted by atomic mass is 9.88. The number of hydrogen-bond donors (Lipinski definition) is 0. The molecule has 2 aliphatic rings. The molecule has 0 radical (unpaired) electrons. The van der Waals surface area contributed by atoms with Crippen LogP contribution in [0.5, 0.6) is 0 Å². The number of thiophene rings is 1. The van der Waals surface area contributed by atoms with Gasteiger partial charge in [0.1, 0.15) is 10.7 Å². The van der Waals surface area contributed by atoms with Crippen molar-refractivity contribution in [2.75, 3.05) is 19.7 Å².